The number of quaternary nitrogens is 2. The molecule has 0 saturated carbocycles. The number of nitrogens with zero attached hydrogens (tertiary/aromatic N) is 2. The molecule has 1 aliphatic carbocycles. The van der Waals surface area contributed by atoms with Crippen molar-refractivity contribution in [2.75, 3.05) is 27.2 Å². The number of hydrogen-bond donors (Lipinski definition) is 0. The maximum absolute atomic E-state index is 14.6. The molecule has 7 heteroatoms. The summed E-state index contributed by atoms with van der Waals surface area (Å²) in [5, 5.41) is 0. The lowest BCUT2D eigenvalue weighted by Gasteiger charge is -2.47. The van der Waals surface area contributed by atoms with Crippen LogP contribution in [0, 0.1) is 0 Å². The van der Waals surface area contributed by atoms with Crippen molar-refractivity contribution in [3.8, 4) is 0 Å². The molecule has 0 amide bonds. The minimum atomic E-state index is -0.932. The molecule has 10 atom stereocenters. The normalized spacial score (nSPS) is 39.8. The molecule has 5 aliphatic rings. The van der Waals surface area contributed by atoms with Crippen LogP contribution in [0.4, 0.5) is 0 Å². The predicted octanol–water partition coefficient (Wildman–Crippen LogP) is 3.26. The third-order valence-electron chi connectivity index (χ3n) is 13.6. The Bertz CT molecular complexity index is 1370. The van der Waals surface area contributed by atoms with Crippen molar-refractivity contribution < 1.29 is 40.4 Å². The third-order valence-corrected chi connectivity index (χ3v) is 13.6. The second kappa shape index (κ2) is 12.3. The molecule has 2 aromatic carbocycles. The van der Waals surface area contributed by atoms with Crippen LogP contribution in [0.1, 0.15) is 101 Å². The summed E-state index contributed by atoms with van der Waals surface area (Å²) in [4.78, 5) is 28.6. The van der Waals surface area contributed by atoms with Crippen LogP contribution >= 0.6 is 0 Å². The molecule has 0 spiro atoms. The van der Waals surface area contributed by atoms with Gasteiger partial charge in [-0.25, -0.2) is 0 Å². The Hall–Kier alpha value is -2.41. The zero-order chi connectivity index (χ0) is 30.7. The van der Waals surface area contributed by atoms with Gasteiger partial charge in [-0.15, -0.1) is 0 Å². The number of carbonyl (C=O) groups is 2. The highest BCUT2D eigenvalue weighted by molar-refractivity contribution is 5.91. The number of esters is 2. The number of rotatable bonds is 7. The molecule has 7 rings (SSSR count). The lowest BCUT2D eigenvalue weighted by atomic mass is 9.63. The fourth-order valence-corrected chi connectivity index (χ4v) is 10.5. The Morgan fingerprint density at radius 1 is 0.711 bits per heavy atom. The highest BCUT2D eigenvalue weighted by Crippen LogP contribution is 2.50. The van der Waals surface area contributed by atoms with Gasteiger partial charge in [0.1, 0.15) is 17.6 Å². The van der Waals surface area contributed by atoms with Crippen molar-refractivity contribution >= 4 is 11.9 Å². The average Bonchev–Trinajstić information content (AvgIpc) is 3.29. The number of hydrogen-bond acceptors (Lipinski definition) is 4. The summed E-state index contributed by atoms with van der Waals surface area (Å²) in [6.07, 6.45) is 9.75. The standard InChI is InChI=1S/C38H52N2O4.ClH/c1-5-39(3)27-16-17-28(39)23-31(22-27)43-36(41)34-20-21-38(26-12-8-7-9-13-26,35-15-11-10-14-33(34)35)37(42)44-32-24-29-18-19-30(25-32)40(29,4)6-2;/h7-15,27-32,34H,5-6,16-25H2,1-4H3;1H/q+2;/p-1/t27-,28+,29-,30+,31?,32?,34-,38?,39?,40?;/m0./s1. The van der Waals surface area contributed by atoms with Crippen molar-refractivity contribution in [1.29, 1.82) is 0 Å². The van der Waals surface area contributed by atoms with Crippen LogP contribution in [0.3, 0.4) is 0 Å². The topological polar surface area (TPSA) is 52.6 Å². The average molecular weight is 636 g/mol. The largest absolute Gasteiger partial charge is 1.00 e. The van der Waals surface area contributed by atoms with Gasteiger partial charge in [-0.3, -0.25) is 9.59 Å². The van der Waals surface area contributed by atoms with E-state index in [2.05, 4.69) is 46.1 Å². The zero-order valence-electron chi connectivity index (χ0n) is 27.6. The molecule has 5 unspecified atom stereocenters. The maximum Gasteiger partial charge on any atom is 0.321 e. The lowest BCUT2D eigenvalue weighted by molar-refractivity contribution is -0.947. The SMILES string of the molecule is CC[N+]1(C)[C@@H]2CC[C@H]1CC(OC(=O)[C@H]1CCC(C(=O)OC3C[C@H]4CC[C@@H](C3)[N+]4(C)CC)(c3ccccc3)c3ccccc31)C2.[Cl-]. The second-order valence-electron chi connectivity index (χ2n) is 15.1. The fraction of sp³-hybridized carbons (Fsp3) is 0.632. The smallest absolute Gasteiger partial charge is 0.321 e. The van der Waals surface area contributed by atoms with Crippen molar-refractivity contribution in [1.82, 2.24) is 0 Å². The Kier molecular flexibility index (Phi) is 8.90. The fourth-order valence-electron chi connectivity index (χ4n) is 10.5. The van der Waals surface area contributed by atoms with Crippen LogP contribution in [-0.2, 0) is 24.5 Å². The molecule has 4 fully saturated rings. The highest BCUT2D eigenvalue weighted by atomic mass is 35.5. The van der Waals surface area contributed by atoms with Crippen molar-refractivity contribution in [2.45, 2.75) is 126 Å². The summed E-state index contributed by atoms with van der Waals surface area (Å²) < 4.78 is 15.2. The van der Waals surface area contributed by atoms with Crippen molar-refractivity contribution in [3.63, 3.8) is 0 Å². The molecule has 0 aromatic heterocycles. The number of carbonyl (C=O) groups excluding carboxylic acids is 2. The third kappa shape index (κ3) is 5.14. The van der Waals surface area contributed by atoms with Gasteiger partial charge in [0.05, 0.1) is 57.3 Å². The molecular weight excluding hydrogens is 584 g/mol. The minimum absolute atomic E-state index is 0. The van der Waals surface area contributed by atoms with Gasteiger partial charge in [-0.2, -0.15) is 0 Å². The van der Waals surface area contributed by atoms with E-state index in [-0.39, 0.29) is 42.5 Å². The molecule has 4 heterocycles. The summed E-state index contributed by atoms with van der Waals surface area (Å²) in [6, 6.07) is 20.5. The monoisotopic (exact) mass is 635 g/mol. The van der Waals surface area contributed by atoms with Crippen LogP contribution < -0.4 is 12.4 Å². The summed E-state index contributed by atoms with van der Waals surface area (Å²) in [5.74, 6) is -0.638. The van der Waals surface area contributed by atoms with E-state index < -0.39 is 5.41 Å². The number of ether oxygens (including phenoxy) is 2. The first-order valence-corrected chi connectivity index (χ1v) is 17.5. The number of piperidine rings is 2. The van der Waals surface area contributed by atoms with E-state index in [0.29, 0.717) is 37.0 Å². The van der Waals surface area contributed by atoms with Crippen molar-refractivity contribution in [2.24, 2.45) is 0 Å². The van der Waals surface area contributed by atoms with Crippen LogP contribution in [0.2, 0.25) is 0 Å². The van der Waals surface area contributed by atoms with E-state index >= 15 is 0 Å². The van der Waals surface area contributed by atoms with Crippen LogP contribution in [0.25, 0.3) is 0 Å². The van der Waals surface area contributed by atoms with Gasteiger partial charge in [-0.05, 0) is 43.4 Å². The first-order chi connectivity index (χ1) is 21.2. The number of halogens is 1. The van der Waals surface area contributed by atoms with Crippen molar-refractivity contribution in [3.05, 3.63) is 71.3 Å². The van der Waals surface area contributed by atoms with Gasteiger partial charge in [0.15, 0.2) is 0 Å². The number of benzene rings is 2. The molecule has 45 heavy (non-hydrogen) atoms. The van der Waals surface area contributed by atoms with Gasteiger partial charge in [-0.1, -0.05) is 54.6 Å². The van der Waals surface area contributed by atoms with E-state index in [1.807, 2.05) is 36.4 Å². The first kappa shape index (κ1) is 32.5. The van der Waals surface area contributed by atoms with Gasteiger partial charge in [0.25, 0.3) is 0 Å². The van der Waals surface area contributed by atoms with E-state index in [1.54, 1.807) is 0 Å². The van der Waals surface area contributed by atoms with E-state index in [4.69, 9.17) is 9.47 Å². The zero-order valence-corrected chi connectivity index (χ0v) is 28.4. The first-order valence-electron chi connectivity index (χ1n) is 17.5. The molecule has 0 radical (unpaired) electrons. The second-order valence-corrected chi connectivity index (χ2v) is 15.1. The van der Waals surface area contributed by atoms with E-state index in [9.17, 15) is 9.59 Å². The van der Waals surface area contributed by atoms with E-state index in [1.165, 1.54) is 25.7 Å². The maximum atomic E-state index is 14.6. The van der Waals surface area contributed by atoms with Gasteiger partial charge < -0.3 is 30.8 Å². The molecule has 2 aromatic rings. The van der Waals surface area contributed by atoms with Crippen LogP contribution in [0.5, 0.6) is 0 Å². The van der Waals surface area contributed by atoms with Crippen LogP contribution in [-0.4, -0.2) is 84.5 Å². The lowest BCUT2D eigenvalue weighted by Crippen LogP contribution is -3.00. The molecule has 244 valence electrons. The Morgan fingerprint density at radius 2 is 1.20 bits per heavy atom. The predicted molar refractivity (Wildman–Crippen MR) is 171 cm³/mol. The van der Waals surface area contributed by atoms with Gasteiger partial charge in [0.2, 0.25) is 0 Å². The Morgan fingerprint density at radius 3 is 1.73 bits per heavy atom. The molecule has 4 aliphatic heterocycles. The summed E-state index contributed by atoms with van der Waals surface area (Å²) in [6.45, 7) is 6.86. The van der Waals surface area contributed by atoms with Crippen LogP contribution in [0.15, 0.2) is 54.6 Å². The van der Waals surface area contributed by atoms with E-state index in [0.717, 1.165) is 64.4 Å². The summed E-state index contributed by atoms with van der Waals surface area (Å²) >= 11 is 0. The molecule has 4 bridgehead atoms. The summed E-state index contributed by atoms with van der Waals surface area (Å²) in [7, 11) is 4.78. The minimum Gasteiger partial charge on any atom is -1.00 e. The highest BCUT2D eigenvalue weighted by Gasteiger charge is 2.55. The number of fused-ring (bicyclic) bond motifs is 5. The molecular formula is C38H52ClN2O4+. The van der Waals surface area contributed by atoms with Gasteiger partial charge >= 0.3 is 11.9 Å². The molecule has 6 nitrogen and oxygen atoms in total. The molecule has 0 N–H and O–H groups in total. The quantitative estimate of drug-likeness (QED) is 0.346. The Labute approximate surface area is 276 Å². The molecule has 4 saturated heterocycles. The van der Waals surface area contributed by atoms with Gasteiger partial charge in [0, 0.05) is 51.4 Å². The summed E-state index contributed by atoms with van der Waals surface area (Å²) in [5.41, 5.74) is 1.86. The Balaban J connectivity index is 0.00000357.